The molecular weight excluding hydrogens is 425 g/mol. The van der Waals surface area contributed by atoms with Crippen LogP contribution in [-0.2, 0) is 6.42 Å². The molecule has 0 saturated carbocycles. The van der Waals surface area contributed by atoms with Crippen molar-refractivity contribution in [1.29, 1.82) is 0 Å². The summed E-state index contributed by atoms with van der Waals surface area (Å²) >= 11 is 0. The third kappa shape index (κ3) is 4.52. The Morgan fingerprint density at radius 3 is 1.57 bits per heavy atom. The van der Waals surface area contributed by atoms with Crippen LogP contribution < -0.4 is 21.6 Å². The number of nitrogens with two attached hydrogens (primary N) is 1. The summed E-state index contributed by atoms with van der Waals surface area (Å²) in [5.41, 5.74) is 9.60. The van der Waals surface area contributed by atoms with Crippen LogP contribution >= 0.6 is 24.9 Å². The Hall–Kier alpha value is -2.41. The van der Waals surface area contributed by atoms with E-state index >= 15 is 0 Å². The molecule has 4 aromatic carbocycles. The molecule has 0 atom stereocenters. The Morgan fingerprint density at radius 1 is 0.536 bits per heavy atom. The second-order valence-electron chi connectivity index (χ2n) is 6.51. The van der Waals surface area contributed by atoms with E-state index in [4.69, 9.17) is 5.73 Å². The average molecular weight is 448 g/mol. The van der Waals surface area contributed by atoms with E-state index < -0.39 is 7.92 Å². The first-order valence-corrected chi connectivity index (χ1v) is 10.5. The van der Waals surface area contributed by atoms with E-state index in [0.717, 1.165) is 12.1 Å². The Bertz CT molecular complexity index is 979. The van der Waals surface area contributed by atoms with Crippen molar-refractivity contribution < 1.29 is 0 Å². The molecule has 0 aliphatic heterocycles. The zero-order chi connectivity index (χ0) is 18.5. The highest BCUT2D eigenvalue weighted by molar-refractivity contribution is 8.93. The van der Waals surface area contributed by atoms with Crippen LogP contribution in [0.25, 0.3) is 0 Å². The summed E-state index contributed by atoms with van der Waals surface area (Å²) in [5.74, 6) is 0. The second kappa shape index (κ2) is 9.68. The van der Waals surface area contributed by atoms with Gasteiger partial charge in [-0.1, -0.05) is 103 Å². The van der Waals surface area contributed by atoms with E-state index in [0.29, 0.717) is 0 Å². The van der Waals surface area contributed by atoms with Crippen LogP contribution in [0.15, 0.2) is 109 Å². The van der Waals surface area contributed by atoms with Crippen LogP contribution in [0.2, 0.25) is 0 Å². The number of halogens is 1. The van der Waals surface area contributed by atoms with E-state index in [2.05, 4.69) is 97.1 Å². The van der Waals surface area contributed by atoms with Gasteiger partial charge in [0.1, 0.15) is 0 Å². The predicted molar refractivity (Wildman–Crippen MR) is 129 cm³/mol. The van der Waals surface area contributed by atoms with Gasteiger partial charge in [-0.25, -0.2) is 0 Å². The largest absolute Gasteiger partial charge is 0.398 e. The Morgan fingerprint density at radius 2 is 1.00 bits per heavy atom. The molecule has 140 valence electrons. The Kier molecular flexibility index (Phi) is 7.03. The lowest BCUT2D eigenvalue weighted by molar-refractivity contribution is 1.21. The SMILES string of the molecule is Br.Nc1ccccc1Cc1ccccc1P(c1ccccc1)c1ccccc1. The molecule has 0 spiro atoms. The molecule has 0 heterocycles. The van der Waals surface area contributed by atoms with Gasteiger partial charge in [0.2, 0.25) is 0 Å². The standard InChI is InChI=1S/C25H22NP.BrH/c26-24-17-9-7-11-20(24)19-21-12-8-10-18-25(21)27(22-13-3-1-4-14-22)23-15-5-2-6-16-23;/h1-18H,19,26H2;1H. The predicted octanol–water partition coefficient (Wildman–Crippen LogP) is 5.20. The highest BCUT2D eigenvalue weighted by Crippen LogP contribution is 2.34. The summed E-state index contributed by atoms with van der Waals surface area (Å²) in [6.07, 6.45) is 0.849. The van der Waals surface area contributed by atoms with Crippen molar-refractivity contribution in [1.82, 2.24) is 0 Å². The zero-order valence-corrected chi connectivity index (χ0v) is 18.1. The molecule has 4 aromatic rings. The van der Waals surface area contributed by atoms with E-state index in [1.165, 1.54) is 27.0 Å². The van der Waals surface area contributed by atoms with Crippen LogP contribution in [0.4, 0.5) is 5.69 Å². The van der Waals surface area contributed by atoms with Gasteiger partial charge < -0.3 is 5.73 Å². The lowest BCUT2D eigenvalue weighted by Crippen LogP contribution is -2.23. The fourth-order valence-corrected chi connectivity index (χ4v) is 5.83. The number of rotatable bonds is 5. The van der Waals surface area contributed by atoms with Crippen molar-refractivity contribution in [3.63, 3.8) is 0 Å². The number of nitrogen functional groups attached to an aromatic ring is 1. The molecule has 4 rings (SSSR count). The molecule has 0 saturated heterocycles. The Balaban J connectivity index is 0.00000225. The molecule has 0 aliphatic carbocycles. The van der Waals surface area contributed by atoms with Crippen molar-refractivity contribution in [3.8, 4) is 0 Å². The second-order valence-corrected chi connectivity index (χ2v) is 8.70. The van der Waals surface area contributed by atoms with Crippen LogP contribution in [0, 0.1) is 0 Å². The number of hydrogen-bond acceptors (Lipinski definition) is 1. The van der Waals surface area contributed by atoms with E-state index in [1.54, 1.807) is 0 Å². The summed E-state index contributed by atoms with van der Waals surface area (Å²) in [7, 11) is -0.613. The van der Waals surface area contributed by atoms with Gasteiger partial charge in [0.05, 0.1) is 0 Å². The number of anilines is 1. The third-order valence-corrected chi connectivity index (χ3v) is 7.24. The van der Waals surface area contributed by atoms with Crippen molar-refractivity contribution in [2.24, 2.45) is 0 Å². The first-order chi connectivity index (χ1) is 13.3. The van der Waals surface area contributed by atoms with Crippen molar-refractivity contribution in [2.45, 2.75) is 6.42 Å². The minimum Gasteiger partial charge on any atom is -0.398 e. The third-order valence-electron chi connectivity index (χ3n) is 4.70. The first kappa shape index (κ1) is 20.3. The molecule has 0 aliphatic rings. The minimum absolute atomic E-state index is 0. The van der Waals surface area contributed by atoms with Gasteiger partial charge in [-0.05, 0) is 41.0 Å². The van der Waals surface area contributed by atoms with E-state index in [9.17, 15) is 0 Å². The van der Waals surface area contributed by atoms with Crippen LogP contribution in [0.3, 0.4) is 0 Å². The molecule has 0 radical (unpaired) electrons. The molecular formula is C25H23BrNP. The highest BCUT2D eigenvalue weighted by atomic mass is 79.9. The van der Waals surface area contributed by atoms with Gasteiger partial charge in [0.15, 0.2) is 0 Å². The maximum absolute atomic E-state index is 6.22. The molecule has 2 N–H and O–H groups in total. The van der Waals surface area contributed by atoms with Gasteiger partial charge in [0, 0.05) is 12.1 Å². The summed E-state index contributed by atoms with van der Waals surface area (Å²) < 4.78 is 0. The molecule has 3 heteroatoms. The van der Waals surface area contributed by atoms with Gasteiger partial charge in [-0.15, -0.1) is 17.0 Å². The summed E-state index contributed by atoms with van der Waals surface area (Å²) in [6, 6.07) is 38.6. The number of benzene rings is 4. The molecule has 0 fully saturated rings. The minimum atomic E-state index is -0.613. The maximum Gasteiger partial charge on any atom is 0.0349 e. The van der Waals surface area contributed by atoms with Gasteiger partial charge in [0.25, 0.3) is 0 Å². The average Bonchev–Trinajstić information content (AvgIpc) is 2.73. The maximum atomic E-state index is 6.22. The summed E-state index contributed by atoms with van der Waals surface area (Å²) in [5, 5.41) is 4.13. The number of para-hydroxylation sites is 1. The molecule has 0 aromatic heterocycles. The summed E-state index contributed by atoms with van der Waals surface area (Å²) in [6.45, 7) is 0. The fraction of sp³-hybridized carbons (Fsp3) is 0.0400. The van der Waals surface area contributed by atoms with Crippen LogP contribution in [0.1, 0.15) is 11.1 Å². The van der Waals surface area contributed by atoms with E-state index in [1.807, 2.05) is 12.1 Å². The first-order valence-electron chi connectivity index (χ1n) is 9.14. The van der Waals surface area contributed by atoms with E-state index in [-0.39, 0.29) is 17.0 Å². The highest BCUT2D eigenvalue weighted by Gasteiger charge is 2.19. The summed E-state index contributed by atoms with van der Waals surface area (Å²) in [4.78, 5) is 0. The van der Waals surface area contributed by atoms with Gasteiger partial charge in [-0.2, -0.15) is 0 Å². The van der Waals surface area contributed by atoms with Crippen molar-refractivity contribution in [2.75, 3.05) is 5.73 Å². The molecule has 28 heavy (non-hydrogen) atoms. The number of hydrogen-bond donors (Lipinski definition) is 1. The van der Waals surface area contributed by atoms with Crippen LogP contribution in [-0.4, -0.2) is 0 Å². The molecule has 0 unspecified atom stereocenters. The van der Waals surface area contributed by atoms with Gasteiger partial charge >= 0.3 is 0 Å². The lowest BCUT2D eigenvalue weighted by Gasteiger charge is -2.22. The Labute approximate surface area is 178 Å². The van der Waals surface area contributed by atoms with Crippen molar-refractivity contribution in [3.05, 3.63) is 120 Å². The molecule has 1 nitrogen and oxygen atoms in total. The van der Waals surface area contributed by atoms with Crippen molar-refractivity contribution >= 4 is 46.5 Å². The molecule has 0 bridgehead atoms. The fourth-order valence-electron chi connectivity index (χ4n) is 3.36. The monoisotopic (exact) mass is 447 g/mol. The molecule has 0 amide bonds. The lowest BCUT2D eigenvalue weighted by atomic mass is 10.0. The van der Waals surface area contributed by atoms with Crippen LogP contribution in [0.5, 0.6) is 0 Å². The smallest absolute Gasteiger partial charge is 0.0349 e. The topological polar surface area (TPSA) is 26.0 Å². The zero-order valence-electron chi connectivity index (χ0n) is 15.5. The van der Waals surface area contributed by atoms with Gasteiger partial charge in [-0.3, -0.25) is 0 Å². The normalized spacial score (nSPS) is 10.5. The quantitative estimate of drug-likeness (QED) is 0.330.